The number of oxime groups is 1. The largest absolute Gasteiger partial charge is 0.616 e. The van der Waals surface area contributed by atoms with Gasteiger partial charge in [-0.1, -0.05) is 38.3 Å². The Morgan fingerprint density at radius 1 is 1.48 bits per heavy atom. The molecule has 3 N–H and O–H groups in total. The molecule has 1 saturated heterocycles. The van der Waals surface area contributed by atoms with Crippen LogP contribution in [0.1, 0.15) is 12.1 Å². The van der Waals surface area contributed by atoms with Crippen molar-refractivity contribution < 1.29 is 14.4 Å². The number of amidine groups is 1. The van der Waals surface area contributed by atoms with Gasteiger partial charge >= 0.3 is 0 Å². The maximum Gasteiger partial charge on any atom is 0.203 e. The monoisotopic (exact) mass is 399 g/mol. The lowest BCUT2D eigenvalue weighted by Gasteiger charge is -2.10. The normalized spacial score (nSPS) is 21.4. The van der Waals surface area contributed by atoms with Crippen molar-refractivity contribution in [3.8, 4) is 0 Å². The molecular weight excluding hydrogens is 386 g/mol. The fraction of sp³-hybridized carbons (Fsp3) is 0.308. The van der Waals surface area contributed by atoms with Crippen LogP contribution in [0.5, 0.6) is 0 Å². The van der Waals surface area contributed by atoms with Gasteiger partial charge < -0.3 is 20.4 Å². The van der Waals surface area contributed by atoms with E-state index in [-0.39, 0.29) is 17.6 Å². The average Bonchev–Trinajstić information content (AvgIpc) is 3.14. The molecule has 122 valence electrons. The Morgan fingerprint density at radius 3 is 3.04 bits per heavy atom. The van der Waals surface area contributed by atoms with Crippen LogP contribution in [-0.4, -0.2) is 43.5 Å². The van der Waals surface area contributed by atoms with Gasteiger partial charge in [-0.3, -0.25) is 0 Å². The predicted molar refractivity (Wildman–Crippen MR) is 90.3 cm³/mol. The van der Waals surface area contributed by atoms with Crippen molar-refractivity contribution in [1.29, 1.82) is 0 Å². The Kier molecular flexibility index (Phi) is 5.03. The third-order valence-corrected chi connectivity index (χ3v) is 5.28. The van der Waals surface area contributed by atoms with Crippen molar-refractivity contribution in [3.05, 3.63) is 34.4 Å². The minimum absolute atomic E-state index is 0.0345. The fourth-order valence-electron chi connectivity index (χ4n) is 2.25. The number of hydrogen-bond donors (Lipinski definition) is 3. The van der Waals surface area contributed by atoms with Gasteiger partial charge in [0.1, 0.15) is 11.5 Å². The van der Waals surface area contributed by atoms with Gasteiger partial charge in [0.2, 0.25) is 11.7 Å². The van der Waals surface area contributed by atoms with Crippen LogP contribution in [0.15, 0.2) is 38.5 Å². The van der Waals surface area contributed by atoms with Gasteiger partial charge in [-0.25, -0.2) is 4.63 Å². The Labute approximate surface area is 143 Å². The minimum atomic E-state index is -0.809. The highest BCUT2D eigenvalue weighted by molar-refractivity contribution is 9.10. The zero-order chi connectivity index (χ0) is 16.2. The third kappa shape index (κ3) is 3.95. The quantitative estimate of drug-likeness (QED) is 0.236. The first-order valence-electron chi connectivity index (χ1n) is 6.85. The van der Waals surface area contributed by atoms with Gasteiger partial charge in [0, 0.05) is 16.6 Å². The van der Waals surface area contributed by atoms with Crippen molar-refractivity contribution in [3.63, 3.8) is 0 Å². The van der Waals surface area contributed by atoms with Gasteiger partial charge in [0.15, 0.2) is 5.69 Å². The Bertz CT molecular complexity index is 710. The molecule has 1 aromatic carbocycles. The van der Waals surface area contributed by atoms with Crippen LogP contribution in [0.3, 0.4) is 0 Å². The zero-order valence-corrected chi connectivity index (χ0v) is 14.3. The highest BCUT2D eigenvalue weighted by atomic mass is 79.9. The molecule has 2 aromatic rings. The number of hydrogen-bond acceptors (Lipinski definition) is 7. The number of halogens is 1. The predicted octanol–water partition coefficient (Wildman–Crippen LogP) is 2.01. The third-order valence-electron chi connectivity index (χ3n) is 3.32. The van der Waals surface area contributed by atoms with Crippen molar-refractivity contribution in [1.82, 2.24) is 10.3 Å². The number of aromatic nitrogens is 2. The van der Waals surface area contributed by atoms with Gasteiger partial charge in [-0.05, 0) is 28.5 Å². The molecule has 0 bridgehead atoms. The molecule has 10 heteroatoms. The smallest absolute Gasteiger partial charge is 0.203 e. The molecule has 0 aliphatic carbocycles. The summed E-state index contributed by atoms with van der Waals surface area (Å²) in [5.74, 6) is 1.67. The van der Waals surface area contributed by atoms with E-state index < -0.39 is 11.2 Å². The maximum absolute atomic E-state index is 11.5. The van der Waals surface area contributed by atoms with E-state index in [2.05, 4.69) is 42.0 Å². The van der Waals surface area contributed by atoms with Crippen LogP contribution in [0.4, 0.5) is 11.5 Å². The van der Waals surface area contributed by atoms with Crippen LogP contribution in [0, 0.1) is 0 Å². The van der Waals surface area contributed by atoms with Crippen LogP contribution in [0.25, 0.3) is 0 Å². The molecule has 2 heterocycles. The highest BCUT2D eigenvalue weighted by Crippen LogP contribution is 2.21. The number of rotatable bonds is 4. The molecular formula is C13H14BrN5O3S. The van der Waals surface area contributed by atoms with Crippen LogP contribution in [0.2, 0.25) is 0 Å². The molecule has 0 saturated carbocycles. The number of nitrogens with zero attached hydrogens (tertiary/aromatic N) is 3. The number of anilines is 2. The summed E-state index contributed by atoms with van der Waals surface area (Å²) < 4.78 is 17.1. The summed E-state index contributed by atoms with van der Waals surface area (Å²) in [6.07, 6.45) is 0.781. The molecule has 8 nitrogen and oxygen atoms in total. The summed E-state index contributed by atoms with van der Waals surface area (Å²) in [5, 5.41) is 26.2. The van der Waals surface area contributed by atoms with E-state index in [4.69, 9.17) is 4.63 Å². The van der Waals surface area contributed by atoms with E-state index >= 15 is 0 Å². The summed E-state index contributed by atoms with van der Waals surface area (Å²) >= 11 is 2.56. The number of benzene rings is 1. The molecule has 2 unspecified atom stereocenters. The van der Waals surface area contributed by atoms with Gasteiger partial charge in [-0.15, -0.1) is 0 Å². The van der Waals surface area contributed by atoms with Crippen LogP contribution >= 0.6 is 15.9 Å². The fourth-order valence-corrected chi connectivity index (χ4v) is 4.06. The molecule has 0 spiro atoms. The summed E-state index contributed by atoms with van der Waals surface area (Å²) in [4.78, 5) is 0. The molecule has 1 aliphatic rings. The van der Waals surface area contributed by atoms with E-state index in [1.54, 1.807) is 0 Å². The molecule has 1 aromatic heterocycles. The Balaban J connectivity index is 1.76. The first kappa shape index (κ1) is 16.1. The van der Waals surface area contributed by atoms with Crippen molar-refractivity contribution in [2.24, 2.45) is 5.16 Å². The number of nitrogens with one attached hydrogen (secondary N) is 2. The first-order chi connectivity index (χ1) is 11.2. The summed E-state index contributed by atoms with van der Waals surface area (Å²) in [6, 6.07) is 7.40. The second kappa shape index (κ2) is 7.20. The molecule has 3 rings (SSSR count). The van der Waals surface area contributed by atoms with E-state index in [0.717, 1.165) is 10.9 Å². The highest BCUT2D eigenvalue weighted by Gasteiger charge is 2.28. The molecule has 2 atom stereocenters. The van der Waals surface area contributed by atoms with Crippen molar-refractivity contribution in [2.45, 2.75) is 12.5 Å². The molecule has 0 amide bonds. The minimum Gasteiger partial charge on any atom is -0.616 e. The second-order valence-electron chi connectivity index (χ2n) is 4.99. The lowest BCUT2D eigenvalue weighted by Crippen LogP contribution is -2.23. The lowest BCUT2D eigenvalue weighted by atomic mass is 10.2. The van der Waals surface area contributed by atoms with Gasteiger partial charge in [0.25, 0.3) is 0 Å². The van der Waals surface area contributed by atoms with Crippen molar-refractivity contribution >= 4 is 44.4 Å². The first-order valence-corrected chi connectivity index (χ1v) is 9.13. The van der Waals surface area contributed by atoms with Crippen LogP contribution < -0.4 is 10.6 Å². The zero-order valence-electron chi connectivity index (χ0n) is 11.9. The standard InChI is InChI=1S/C13H14BrN5O3S/c14-8-2-1-3-9(6-8)15-12(17-20)11-13(19-22-18-11)16-10-4-5-23(21)7-10/h1-3,6,10,20H,4-5,7H2,(H,15,17)(H,16,19). The Morgan fingerprint density at radius 2 is 2.35 bits per heavy atom. The van der Waals surface area contributed by atoms with E-state index in [0.29, 0.717) is 23.0 Å². The van der Waals surface area contributed by atoms with E-state index in [9.17, 15) is 9.76 Å². The summed E-state index contributed by atoms with van der Waals surface area (Å²) in [5.41, 5.74) is 0.966. The summed E-state index contributed by atoms with van der Waals surface area (Å²) in [6.45, 7) is 0. The van der Waals surface area contributed by atoms with Crippen molar-refractivity contribution in [2.75, 3.05) is 22.1 Å². The molecule has 1 fully saturated rings. The van der Waals surface area contributed by atoms with E-state index in [1.807, 2.05) is 24.3 Å². The second-order valence-corrected chi connectivity index (χ2v) is 7.52. The topological polar surface area (TPSA) is 119 Å². The molecule has 23 heavy (non-hydrogen) atoms. The van der Waals surface area contributed by atoms with E-state index in [1.165, 1.54) is 0 Å². The maximum atomic E-state index is 11.5. The average molecular weight is 400 g/mol. The summed E-state index contributed by atoms with van der Waals surface area (Å²) in [7, 11) is 0. The molecule has 1 aliphatic heterocycles. The SMILES string of the molecule is [O-][S+]1CCC(Nc2nonc2/C(=N/O)Nc2cccc(Br)c2)C1. The van der Waals surface area contributed by atoms with Crippen LogP contribution in [-0.2, 0) is 11.2 Å². The van der Waals surface area contributed by atoms with Gasteiger partial charge in [-0.2, -0.15) is 0 Å². The van der Waals surface area contributed by atoms with Gasteiger partial charge in [0.05, 0.1) is 6.04 Å². The molecule has 0 radical (unpaired) electrons. The lowest BCUT2D eigenvalue weighted by molar-refractivity contribution is 0.304. The Hall–Kier alpha value is -1.78.